The van der Waals surface area contributed by atoms with Crippen molar-refractivity contribution in [2.75, 3.05) is 4.90 Å². The van der Waals surface area contributed by atoms with E-state index in [1.165, 1.54) is 111 Å². The number of furan rings is 1. The van der Waals surface area contributed by atoms with Crippen molar-refractivity contribution in [1.29, 1.82) is 0 Å². The third-order valence-electron chi connectivity index (χ3n) is 17.3. The molecule has 73 heavy (non-hydrogen) atoms. The van der Waals surface area contributed by atoms with Crippen molar-refractivity contribution in [3.63, 3.8) is 0 Å². The molecule has 17 rings (SSSR count). The van der Waals surface area contributed by atoms with Crippen molar-refractivity contribution < 1.29 is 4.42 Å². The summed E-state index contributed by atoms with van der Waals surface area (Å²) in [6.45, 7) is 4.78. The topological polar surface area (TPSA) is 21.3 Å². The summed E-state index contributed by atoms with van der Waals surface area (Å²) in [5.74, 6) is 0. The number of aromatic nitrogens is 1. The highest BCUT2D eigenvalue weighted by Gasteiger charge is 2.52. The molecule has 0 saturated heterocycles. The van der Waals surface area contributed by atoms with Gasteiger partial charge in [0.15, 0.2) is 0 Å². The van der Waals surface area contributed by atoms with Gasteiger partial charge >= 0.3 is 0 Å². The number of benzene rings is 11. The summed E-state index contributed by atoms with van der Waals surface area (Å²) in [6, 6.07) is 86.3. The maximum absolute atomic E-state index is 6.59. The van der Waals surface area contributed by atoms with Crippen LogP contribution in [0.15, 0.2) is 235 Å². The van der Waals surface area contributed by atoms with E-state index in [1.54, 1.807) is 0 Å². The molecule has 0 bridgehead atoms. The lowest BCUT2D eigenvalue weighted by Crippen LogP contribution is -2.26. The zero-order chi connectivity index (χ0) is 47.9. The van der Waals surface area contributed by atoms with Crippen LogP contribution in [0.25, 0.3) is 105 Å². The molecule has 2 aromatic heterocycles. The lowest BCUT2D eigenvalue weighted by Gasteiger charge is -2.32. The molecule has 3 aliphatic carbocycles. The second-order valence-corrected chi connectivity index (χ2v) is 21.1. The Morgan fingerprint density at radius 1 is 0.356 bits per heavy atom. The zero-order valence-electron chi connectivity index (χ0n) is 40.2. The van der Waals surface area contributed by atoms with E-state index in [-0.39, 0.29) is 5.41 Å². The van der Waals surface area contributed by atoms with Gasteiger partial charge in [0, 0.05) is 61.2 Å². The molecule has 0 amide bonds. The minimum atomic E-state index is -0.462. The zero-order valence-corrected chi connectivity index (χ0v) is 40.2. The Morgan fingerprint density at radius 2 is 0.904 bits per heavy atom. The molecular formula is C70H44N2O. The molecule has 0 saturated carbocycles. The fourth-order valence-electron chi connectivity index (χ4n) is 14.2. The highest BCUT2D eigenvalue weighted by molar-refractivity contribution is 6.19. The van der Waals surface area contributed by atoms with Gasteiger partial charge in [-0.2, -0.15) is 0 Å². The van der Waals surface area contributed by atoms with Crippen LogP contribution < -0.4 is 4.90 Å². The molecule has 0 unspecified atom stereocenters. The fourth-order valence-corrected chi connectivity index (χ4v) is 14.2. The molecule has 11 aromatic carbocycles. The Balaban J connectivity index is 0.855. The Hall–Kier alpha value is -9.18. The SMILES string of the molecule is CC1(C)c2cccc3c2-c2c1ccc1c4ccc(-c5ccc(N(c6ccc7c(c6)C6(c8ccccc8-c8ccccc86)c6ccccc6-7)c6ccc7c(c6)oc6ccccc67)cc5)cc4n(c21)-c1ccccc1-3. The fraction of sp³-hybridized carbons (Fsp3) is 0.0571. The van der Waals surface area contributed by atoms with Crippen LogP contribution >= 0.6 is 0 Å². The van der Waals surface area contributed by atoms with Crippen LogP contribution in [0.1, 0.15) is 47.2 Å². The Kier molecular flexibility index (Phi) is 7.48. The third-order valence-corrected chi connectivity index (χ3v) is 17.3. The minimum absolute atomic E-state index is 0.0966. The first kappa shape index (κ1) is 39.5. The van der Waals surface area contributed by atoms with Gasteiger partial charge in [-0.25, -0.2) is 0 Å². The molecule has 3 heterocycles. The van der Waals surface area contributed by atoms with E-state index in [1.807, 2.05) is 6.07 Å². The molecule has 0 N–H and O–H groups in total. The molecule has 3 heteroatoms. The van der Waals surface area contributed by atoms with Gasteiger partial charge < -0.3 is 13.9 Å². The molecular weight excluding hydrogens is 885 g/mol. The van der Waals surface area contributed by atoms with Gasteiger partial charge in [0.2, 0.25) is 0 Å². The third kappa shape index (κ3) is 4.90. The normalized spacial score (nSPS) is 14.4. The maximum atomic E-state index is 6.59. The van der Waals surface area contributed by atoms with Gasteiger partial charge in [0.1, 0.15) is 11.2 Å². The lowest BCUT2D eigenvalue weighted by molar-refractivity contribution is 0.661. The second-order valence-electron chi connectivity index (χ2n) is 21.1. The van der Waals surface area contributed by atoms with Crippen LogP contribution in [0.2, 0.25) is 0 Å². The Labute approximate surface area is 422 Å². The highest BCUT2D eigenvalue weighted by atomic mass is 16.3. The summed E-state index contributed by atoms with van der Waals surface area (Å²) in [7, 11) is 0. The number of para-hydroxylation sites is 2. The Bertz CT molecular complexity index is 4540. The summed E-state index contributed by atoms with van der Waals surface area (Å²) < 4.78 is 9.16. The molecule has 13 aromatic rings. The van der Waals surface area contributed by atoms with E-state index < -0.39 is 5.41 Å². The smallest absolute Gasteiger partial charge is 0.137 e. The van der Waals surface area contributed by atoms with Crippen LogP contribution in [0, 0.1) is 0 Å². The van der Waals surface area contributed by atoms with Crippen molar-refractivity contribution in [3.8, 4) is 61.3 Å². The number of hydrogen-bond donors (Lipinski definition) is 0. The van der Waals surface area contributed by atoms with E-state index in [4.69, 9.17) is 4.42 Å². The van der Waals surface area contributed by atoms with Gasteiger partial charge in [-0.05, 0) is 132 Å². The van der Waals surface area contributed by atoms with Crippen molar-refractivity contribution in [2.24, 2.45) is 0 Å². The first-order valence-corrected chi connectivity index (χ1v) is 25.6. The van der Waals surface area contributed by atoms with Crippen LogP contribution in [-0.4, -0.2) is 4.57 Å². The van der Waals surface area contributed by atoms with Gasteiger partial charge in [-0.3, -0.25) is 0 Å². The molecule has 0 fully saturated rings. The van der Waals surface area contributed by atoms with E-state index in [2.05, 4.69) is 248 Å². The van der Waals surface area contributed by atoms with Crippen molar-refractivity contribution >= 4 is 60.8 Å². The van der Waals surface area contributed by atoms with Crippen molar-refractivity contribution in [2.45, 2.75) is 24.7 Å². The van der Waals surface area contributed by atoms with E-state index in [0.29, 0.717) is 0 Å². The van der Waals surface area contributed by atoms with Crippen molar-refractivity contribution in [1.82, 2.24) is 4.57 Å². The predicted molar refractivity (Wildman–Crippen MR) is 301 cm³/mol. The molecule has 0 radical (unpaired) electrons. The number of rotatable bonds is 4. The van der Waals surface area contributed by atoms with Crippen LogP contribution in [-0.2, 0) is 10.8 Å². The van der Waals surface area contributed by atoms with Gasteiger partial charge in [-0.15, -0.1) is 0 Å². The summed E-state index contributed by atoms with van der Waals surface area (Å²) in [4.78, 5) is 2.42. The summed E-state index contributed by atoms with van der Waals surface area (Å²) in [5.41, 5.74) is 29.2. The average molecular weight is 929 g/mol. The van der Waals surface area contributed by atoms with Gasteiger partial charge in [0.25, 0.3) is 0 Å². The van der Waals surface area contributed by atoms with Crippen LogP contribution in [0.3, 0.4) is 0 Å². The summed E-state index contributed by atoms with van der Waals surface area (Å²) in [5, 5.41) is 4.81. The maximum Gasteiger partial charge on any atom is 0.137 e. The van der Waals surface area contributed by atoms with Crippen LogP contribution in [0.5, 0.6) is 0 Å². The molecule has 1 aliphatic heterocycles. The van der Waals surface area contributed by atoms with E-state index in [0.717, 1.165) is 44.6 Å². The second kappa shape index (κ2) is 13.8. The van der Waals surface area contributed by atoms with Gasteiger partial charge in [-0.1, -0.05) is 184 Å². The summed E-state index contributed by atoms with van der Waals surface area (Å²) in [6.07, 6.45) is 0. The molecule has 0 atom stereocenters. The Morgan fingerprint density at radius 3 is 1.67 bits per heavy atom. The van der Waals surface area contributed by atoms with Gasteiger partial charge in [0.05, 0.1) is 22.1 Å². The molecule has 1 spiro atoms. The number of fused-ring (bicyclic) bond motifs is 19. The standard InChI is InChI=1S/C70H44N2O/c1-69(2)59-23-13-19-54-50-17-6-11-24-62(50)72-63-38-42(28-33-51(63)55-36-37-60(69)67(66(54)59)68(55)72)41-26-29-43(30-27-41)71(45-32-35-53-52-18-7-12-25-64(52)73-65(53)40-45)44-31-34-49-48-16-5-10-22-58(48)70(61(49)39-44)56-20-8-3-14-46(56)47-15-4-9-21-57(47)70/h3-40H,1-2H3. The number of nitrogens with zero attached hydrogens (tertiary/aromatic N) is 2. The number of hydrogen-bond acceptors (Lipinski definition) is 2. The van der Waals surface area contributed by atoms with Crippen LogP contribution in [0.4, 0.5) is 17.1 Å². The lowest BCUT2D eigenvalue weighted by atomic mass is 9.70. The molecule has 3 nitrogen and oxygen atoms in total. The summed E-state index contributed by atoms with van der Waals surface area (Å²) >= 11 is 0. The largest absolute Gasteiger partial charge is 0.456 e. The first-order valence-electron chi connectivity index (χ1n) is 25.6. The monoisotopic (exact) mass is 928 g/mol. The minimum Gasteiger partial charge on any atom is -0.456 e. The van der Waals surface area contributed by atoms with E-state index >= 15 is 0 Å². The molecule has 340 valence electrons. The molecule has 4 aliphatic rings. The number of anilines is 3. The predicted octanol–water partition coefficient (Wildman–Crippen LogP) is 18.5. The average Bonchev–Trinajstić information content (AvgIpc) is 4.18. The highest BCUT2D eigenvalue weighted by Crippen LogP contribution is 2.64. The van der Waals surface area contributed by atoms with E-state index in [9.17, 15) is 0 Å². The quantitative estimate of drug-likeness (QED) is 0.175. The first-order chi connectivity index (χ1) is 36.0. The van der Waals surface area contributed by atoms with Crippen molar-refractivity contribution in [3.05, 3.63) is 264 Å².